The van der Waals surface area contributed by atoms with Crippen LogP contribution in [-0.4, -0.2) is 9.97 Å². The van der Waals surface area contributed by atoms with E-state index in [1.807, 2.05) is 13.1 Å². The average Bonchev–Trinajstić information content (AvgIpc) is 2.65. The quantitative estimate of drug-likeness (QED) is 0.764. The van der Waals surface area contributed by atoms with E-state index in [9.17, 15) is 0 Å². The van der Waals surface area contributed by atoms with Gasteiger partial charge in [-0.25, -0.2) is 4.98 Å². The summed E-state index contributed by atoms with van der Waals surface area (Å²) in [6.45, 7) is 4.34. The molecule has 0 atom stereocenters. The van der Waals surface area contributed by atoms with Gasteiger partial charge in [0, 0.05) is 17.8 Å². The molecule has 0 unspecified atom stereocenters. The minimum atomic E-state index is 0.749. The molecular weight excluding hydrogens is 172 g/mol. The third-order valence-corrected chi connectivity index (χ3v) is 3.59. The van der Waals surface area contributed by atoms with Crippen molar-refractivity contribution in [3.63, 3.8) is 0 Å². The third-order valence-electron chi connectivity index (χ3n) is 3.59. The molecule has 1 aromatic rings. The molecule has 14 heavy (non-hydrogen) atoms. The lowest BCUT2D eigenvalue weighted by molar-refractivity contribution is 0.316. The highest BCUT2D eigenvalue weighted by Crippen LogP contribution is 2.35. The van der Waals surface area contributed by atoms with Gasteiger partial charge in [0.05, 0.1) is 0 Å². The maximum atomic E-state index is 4.28. The van der Waals surface area contributed by atoms with E-state index in [1.165, 1.54) is 37.8 Å². The second kappa shape index (κ2) is 4.16. The van der Waals surface area contributed by atoms with Gasteiger partial charge in [-0.1, -0.05) is 13.3 Å². The molecule has 78 valence electrons. The van der Waals surface area contributed by atoms with Crippen LogP contribution in [0.2, 0.25) is 0 Å². The van der Waals surface area contributed by atoms with E-state index in [1.54, 1.807) is 0 Å². The van der Waals surface area contributed by atoms with E-state index >= 15 is 0 Å². The number of aromatic amines is 1. The minimum Gasteiger partial charge on any atom is -0.346 e. The van der Waals surface area contributed by atoms with Crippen LogP contribution < -0.4 is 0 Å². The first kappa shape index (κ1) is 9.75. The van der Waals surface area contributed by atoms with Crippen LogP contribution in [0.4, 0.5) is 0 Å². The zero-order valence-corrected chi connectivity index (χ0v) is 9.21. The van der Waals surface area contributed by atoms with Crippen LogP contribution in [0.1, 0.15) is 56.5 Å². The van der Waals surface area contributed by atoms with Gasteiger partial charge in [0.2, 0.25) is 0 Å². The fraction of sp³-hybridized carbons (Fsp3) is 0.750. The first-order valence-electron chi connectivity index (χ1n) is 5.81. The van der Waals surface area contributed by atoms with Gasteiger partial charge in [0.1, 0.15) is 5.82 Å². The van der Waals surface area contributed by atoms with Crippen molar-refractivity contribution in [1.29, 1.82) is 0 Å². The van der Waals surface area contributed by atoms with Crippen LogP contribution in [-0.2, 0) is 0 Å². The van der Waals surface area contributed by atoms with Crippen LogP contribution in [0.15, 0.2) is 6.20 Å². The summed E-state index contributed by atoms with van der Waals surface area (Å²) < 4.78 is 0. The third kappa shape index (κ3) is 1.99. The van der Waals surface area contributed by atoms with Gasteiger partial charge in [0.25, 0.3) is 0 Å². The Morgan fingerprint density at radius 3 is 2.57 bits per heavy atom. The first-order valence-corrected chi connectivity index (χ1v) is 5.81. The van der Waals surface area contributed by atoms with Gasteiger partial charge in [-0.2, -0.15) is 0 Å². The van der Waals surface area contributed by atoms with Crippen molar-refractivity contribution in [2.75, 3.05) is 0 Å². The van der Waals surface area contributed by atoms with Crippen molar-refractivity contribution < 1.29 is 0 Å². The van der Waals surface area contributed by atoms with Crippen LogP contribution in [0, 0.1) is 12.8 Å². The SMILES string of the molecule is CCC1CCC(c2cnc(C)[nH]2)CC1. The minimum absolute atomic E-state index is 0.749. The summed E-state index contributed by atoms with van der Waals surface area (Å²) in [5.41, 5.74) is 1.36. The first-order chi connectivity index (χ1) is 6.79. The van der Waals surface area contributed by atoms with Gasteiger partial charge in [-0.3, -0.25) is 0 Å². The molecule has 0 radical (unpaired) electrons. The number of hydrogen-bond acceptors (Lipinski definition) is 1. The summed E-state index contributed by atoms with van der Waals surface area (Å²) in [7, 11) is 0. The Kier molecular flexibility index (Phi) is 2.90. The standard InChI is InChI=1S/C12H20N2/c1-3-10-4-6-11(7-5-10)12-8-13-9(2)14-12/h8,10-11H,3-7H2,1-2H3,(H,13,14). The molecule has 0 saturated heterocycles. The van der Waals surface area contributed by atoms with E-state index in [4.69, 9.17) is 0 Å². The predicted octanol–water partition coefficient (Wildman–Crippen LogP) is 3.40. The van der Waals surface area contributed by atoms with Gasteiger partial charge in [0.15, 0.2) is 0 Å². The molecule has 0 amide bonds. The second-order valence-corrected chi connectivity index (χ2v) is 4.55. The molecule has 1 aromatic heterocycles. The van der Waals surface area contributed by atoms with Gasteiger partial charge in [-0.05, 0) is 38.5 Å². The molecule has 2 nitrogen and oxygen atoms in total. The Bertz CT molecular complexity index is 282. The molecule has 1 fully saturated rings. The summed E-state index contributed by atoms with van der Waals surface area (Å²) in [5.74, 6) is 2.78. The number of nitrogens with one attached hydrogen (secondary N) is 1. The van der Waals surface area contributed by atoms with Crippen LogP contribution in [0.5, 0.6) is 0 Å². The van der Waals surface area contributed by atoms with Crippen molar-refractivity contribution >= 4 is 0 Å². The maximum Gasteiger partial charge on any atom is 0.103 e. The highest BCUT2D eigenvalue weighted by atomic mass is 14.9. The van der Waals surface area contributed by atoms with Crippen molar-refractivity contribution in [2.45, 2.75) is 51.9 Å². The van der Waals surface area contributed by atoms with Crippen molar-refractivity contribution in [3.8, 4) is 0 Å². The molecule has 1 heterocycles. The monoisotopic (exact) mass is 192 g/mol. The summed E-state index contributed by atoms with van der Waals surface area (Å²) >= 11 is 0. The number of nitrogens with zero attached hydrogens (tertiary/aromatic N) is 1. The molecule has 1 aliphatic carbocycles. The molecule has 0 spiro atoms. The zero-order chi connectivity index (χ0) is 9.97. The summed E-state index contributed by atoms with van der Waals surface area (Å²) in [5, 5.41) is 0. The Balaban J connectivity index is 1.95. The van der Waals surface area contributed by atoms with E-state index < -0.39 is 0 Å². The van der Waals surface area contributed by atoms with Crippen LogP contribution >= 0.6 is 0 Å². The Hall–Kier alpha value is -0.790. The highest BCUT2D eigenvalue weighted by Gasteiger charge is 2.22. The maximum absolute atomic E-state index is 4.28. The fourth-order valence-corrected chi connectivity index (χ4v) is 2.53. The van der Waals surface area contributed by atoms with Gasteiger partial charge in [-0.15, -0.1) is 0 Å². The Morgan fingerprint density at radius 1 is 1.36 bits per heavy atom. The van der Waals surface area contributed by atoms with Gasteiger partial charge < -0.3 is 4.98 Å². The van der Waals surface area contributed by atoms with Crippen LogP contribution in [0.25, 0.3) is 0 Å². The second-order valence-electron chi connectivity index (χ2n) is 4.55. The van der Waals surface area contributed by atoms with Crippen molar-refractivity contribution in [2.24, 2.45) is 5.92 Å². The van der Waals surface area contributed by atoms with Crippen molar-refractivity contribution in [3.05, 3.63) is 17.7 Å². The van der Waals surface area contributed by atoms with E-state index in [0.717, 1.165) is 17.7 Å². The molecule has 0 aromatic carbocycles. The lowest BCUT2D eigenvalue weighted by Gasteiger charge is -2.26. The summed E-state index contributed by atoms with van der Waals surface area (Å²) in [6.07, 6.45) is 8.87. The zero-order valence-electron chi connectivity index (χ0n) is 9.21. The lowest BCUT2D eigenvalue weighted by Crippen LogP contribution is -2.12. The molecule has 2 heteroatoms. The molecule has 0 aliphatic heterocycles. The summed E-state index contributed by atoms with van der Waals surface area (Å²) in [4.78, 5) is 7.64. The Morgan fingerprint density at radius 2 is 2.07 bits per heavy atom. The number of H-pyrrole nitrogens is 1. The molecular formula is C12H20N2. The van der Waals surface area contributed by atoms with Crippen LogP contribution in [0.3, 0.4) is 0 Å². The molecule has 1 N–H and O–H groups in total. The molecule has 2 rings (SSSR count). The molecule has 1 saturated carbocycles. The number of aromatic nitrogens is 2. The molecule has 0 bridgehead atoms. The van der Waals surface area contributed by atoms with E-state index in [2.05, 4.69) is 16.9 Å². The fourth-order valence-electron chi connectivity index (χ4n) is 2.53. The molecule has 1 aliphatic rings. The van der Waals surface area contributed by atoms with E-state index in [0.29, 0.717) is 0 Å². The number of aryl methyl sites for hydroxylation is 1. The number of imidazole rings is 1. The average molecular weight is 192 g/mol. The smallest absolute Gasteiger partial charge is 0.103 e. The lowest BCUT2D eigenvalue weighted by atomic mass is 9.80. The number of rotatable bonds is 2. The van der Waals surface area contributed by atoms with Gasteiger partial charge >= 0.3 is 0 Å². The topological polar surface area (TPSA) is 28.7 Å². The van der Waals surface area contributed by atoms with Crippen molar-refractivity contribution in [1.82, 2.24) is 9.97 Å². The normalized spacial score (nSPS) is 27.9. The van der Waals surface area contributed by atoms with E-state index in [-0.39, 0.29) is 0 Å². The highest BCUT2D eigenvalue weighted by molar-refractivity contribution is 5.07. The summed E-state index contributed by atoms with van der Waals surface area (Å²) in [6, 6.07) is 0. The largest absolute Gasteiger partial charge is 0.346 e. The Labute approximate surface area is 86.1 Å². The number of hydrogen-bond donors (Lipinski definition) is 1. The predicted molar refractivity (Wildman–Crippen MR) is 58.3 cm³/mol.